The zero-order chi connectivity index (χ0) is 17.2. The van der Waals surface area contributed by atoms with Crippen molar-refractivity contribution < 1.29 is 13.2 Å². The Morgan fingerprint density at radius 3 is 2.30 bits per heavy atom. The van der Waals surface area contributed by atoms with Crippen molar-refractivity contribution in [1.82, 2.24) is 9.62 Å². The van der Waals surface area contributed by atoms with Crippen molar-refractivity contribution in [2.24, 2.45) is 5.92 Å². The highest BCUT2D eigenvalue weighted by atomic mass is 35.5. The second kappa shape index (κ2) is 7.38. The fourth-order valence-corrected chi connectivity index (χ4v) is 4.21. The molecule has 0 aliphatic carbocycles. The zero-order valence-electron chi connectivity index (χ0n) is 13.1. The van der Waals surface area contributed by atoms with Gasteiger partial charge in [0.1, 0.15) is 6.04 Å². The molecule has 0 radical (unpaired) electrons. The highest BCUT2D eigenvalue weighted by Crippen LogP contribution is 2.25. The first-order chi connectivity index (χ1) is 10.7. The van der Waals surface area contributed by atoms with Crippen LogP contribution in [0.3, 0.4) is 0 Å². The van der Waals surface area contributed by atoms with Crippen molar-refractivity contribution in [2.45, 2.75) is 37.6 Å². The smallest absolute Gasteiger partial charge is 0.241 e. The minimum absolute atomic E-state index is 0.00762. The van der Waals surface area contributed by atoms with Crippen LogP contribution in [0.25, 0.3) is 0 Å². The molecule has 1 aromatic carbocycles. The number of halogens is 2. The van der Waals surface area contributed by atoms with Gasteiger partial charge >= 0.3 is 0 Å². The number of benzene rings is 1. The number of nitrogens with one attached hydrogen (secondary N) is 1. The summed E-state index contributed by atoms with van der Waals surface area (Å²) in [4.78, 5) is 14.3. The van der Waals surface area contributed by atoms with Gasteiger partial charge in [-0.2, -0.15) is 4.72 Å². The molecule has 5 nitrogen and oxygen atoms in total. The summed E-state index contributed by atoms with van der Waals surface area (Å²) in [6.07, 6.45) is 1.91. The van der Waals surface area contributed by atoms with Gasteiger partial charge in [-0.3, -0.25) is 4.79 Å². The quantitative estimate of drug-likeness (QED) is 0.856. The summed E-state index contributed by atoms with van der Waals surface area (Å²) in [5, 5.41) is 0.431. The summed E-state index contributed by atoms with van der Waals surface area (Å²) in [5.74, 6) is -0.346. The van der Waals surface area contributed by atoms with Crippen molar-refractivity contribution >= 4 is 39.1 Å². The first-order valence-electron chi connectivity index (χ1n) is 7.48. The average molecular weight is 379 g/mol. The van der Waals surface area contributed by atoms with Gasteiger partial charge in [0.2, 0.25) is 15.9 Å². The van der Waals surface area contributed by atoms with Crippen LogP contribution in [0.15, 0.2) is 23.1 Å². The minimum Gasteiger partial charge on any atom is -0.341 e. The SMILES string of the molecule is CC(C)[C@@H](NS(=O)(=O)c1ccc(Cl)c(Cl)c1)C(=O)N1CCCC1. The Morgan fingerprint density at radius 2 is 1.78 bits per heavy atom. The van der Waals surface area contributed by atoms with Gasteiger partial charge in [0.25, 0.3) is 0 Å². The molecule has 0 saturated carbocycles. The largest absolute Gasteiger partial charge is 0.341 e. The van der Waals surface area contributed by atoms with Gasteiger partial charge in [-0.25, -0.2) is 8.42 Å². The second-order valence-electron chi connectivity index (χ2n) is 5.95. The summed E-state index contributed by atoms with van der Waals surface area (Å²) in [7, 11) is -3.86. The monoisotopic (exact) mass is 378 g/mol. The molecule has 1 fully saturated rings. The molecule has 0 spiro atoms. The molecule has 1 N–H and O–H groups in total. The van der Waals surface area contributed by atoms with E-state index in [1.54, 1.807) is 4.90 Å². The van der Waals surface area contributed by atoms with Gasteiger partial charge in [-0.15, -0.1) is 0 Å². The third-order valence-corrected chi connectivity index (χ3v) is 6.01. The van der Waals surface area contributed by atoms with Crippen LogP contribution >= 0.6 is 23.2 Å². The van der Waals surface area contributed by atoms with Crippen LogP contribution in [0.4, 0.5) is 0 Å². The maximum Gasteiger partial charge on any atom is 0.241 e. The lowest BCUT2D eigenvalue weighted by atomic mass is 10.0. The molecular weight excluding hydrogens is 359 g/mol. The van der Waals surface area contributed by atoms with Gasteiger partial charge in [0.05, 0.1) is 14.9 Å². The average Bonchev–Trinajstić information content (AvgIpc) is 3.01. The fourth-order valence-electron chi connectivity index (χ4n) is 2.49. The number of carbonyl (C=O) groups is 1. The van der Waals surface area contributed by atoms with E-state index in [0.29, 0.717) is 13.1 Å². The van der Waals surface area contributed by atoms with Crippen LogP contribution < -0.4 is 4.72 Å². The predicted molar refractivity (Wildman–Crippen MR) is 91.2 cm³/mol. The van der Waals surface area contributed by atoms with E-state index in [1.165, 1.54) is 18.2 Å². The second-order valence-corrected chi connectivity index (χ2v) is 8.48. The zero-order valence-corrected chi connectivity index (χ0v) is 15.4. The van der Waals surface area contributed by atoms with Crippen molar-refractivity contribution in [2.75, 3.05) is 13.1 Å². The molecule has 0 bridgehead atoms. The first-order valence-corrected chi connectivity index (χ1v) is 9.72. The Bertz CT molecular complexity index is 686. The number of carbonyl (C=O) groups excluding carboxylic acids is 1. The summed E-state index contributed by atoms with van der Waals surface area (Å²) >= 11 is 11.7. The minimum atomic E-state index is -3.86. The van der Waals surface area contributed by atoms with E-state index in [4.69, 9.17) is 23.2 Å². The van der Waals surface area contributed by atoms with Crippen molar-refractivity contribution in [3.8, 4) is 0 Å². The Balaban J connectivity index is 2.24. The lowest BCUT2D eigenvalue weighted by molar-refractivity contribution is -0.132. The molecule has 2 rings (SSSR count). The van der Waals surface area contributed by atoms with Crippen LogP contribution in [0.1, 0.15) is 26.7 Å². The van der Waals surface area contributed by atoms with E-state index in [1.807, 2.05) is 13.8 Å². The third kappa shape index (κ3) is 4.38. The summed E-state index contributed by atoms with van der Waals surface area (Å²) in [6, 6.07) is 3.27. The molecule has 0 aromatic heterocycles. The number of likely N-dealkylation sites (tertiary alicyclic amines) is 1. The maximum absolute atomic E-state index is 12.6. The van der Waals surface area contributed by atoms with E-state index in [0.717, 1.165) is 12.8 Å². The molecule has 1 amide bonds. The van der Waals surface area contributed by atoms with Crippen LogP contribution in [0, 0.1) is 5.92 Å². The topological polar surface area (TPSA) is 66.5 Å². The Hall–Kier alpha value is -0.820. The third-order valence-electron chi connectivity index (χ3n) is 3.83. The molecule has 23 heavy (non-hydrogen) atoms. The number of hydrogen-bond acceptors (Lipinski definition) is 3. The molecule has 1 aromatic rings. The molecule has 1 aliphatic rings. The molecule has 8 heteroatoms. The first kappa shape index (κ1) is 18.5. The summed E-state index contributed by atoms with van der Waals surface area (Å²) in [5.41, 5.74) is 0. The number of amides is 1. The van der Waals surface area contributed by atoms with E-state index < -0.39 is 16.1 Å². The van der Waals surface area contributed by atoms with E-state index >= 15 is 0 Å². The molecule has 1 aliphatic heterocycles. The van der Waals surface area contributed by atoms with E-state index in [9.17, 15) is 13.2 Å². The molecule has 0 unspecified atom stereocenters. The Labute approximate surface area is 147 Å². The number of sulfonamides is 1. The van der Waals surface area contributed by atoms with Crippen LogP contribution in [0.2, 0.25) is 10.0 Å². The van der Waals surface area contributed by atoms with Crippen LogP contribution in [0.5, 0.6) is 0 Å². The molecule has 1 atom stereocenters. The van der Waals surface area contributed by atoms with Gasteiger partial charge < -0.3 is 4.90 Å². The van der Waals surface area contributed by atoms with Gasteiger partial charge in [0, 0.05) is 13.1 Å². The fraction of sp³-hybridized carbons (Fsp3) is 0.533. The van der Waals surface area contributed by atoms with Crippen molar-refractivity contribution in [3.05, 3.63) is 28.2 Å². The Morgan fingerprint density at radius 1 is 1.17 bits per heavy atom. The molecule has 1 heterocycles. The molecule has 128 valence electrons. The lowest BCUT2D eigenvalue weighted by Crippen LogP contribution is -2.50. The van der Waals surface area contributed by atoms with E-state index in [-0.39, 0.29) is 26.8 Å². The van der Waals surface area contributed by atoms with E-state index in [2.05, 4.69) is 4.72 Å². The van der Waals surface area contributed by atoms with Gasteiger partial charge in [0.15, 0.2) is 0 Å². The standard InChI is InChI=1S/C15H20Cl2N2O3S/c1-10(2)14(15(20)19-7-3-4-8-19)18-23(21,22)11-5-6-12(16)13(17)9-11/h5-6,9-10,14,18H,3-4,7-8H2,1-2H3/t14-/m1/s1. The molecular formula is C15H20Cl2N2O3S. The highest BCUT2D eigenvalue weighted by molar-refractivity contribution is 7.89. The highest BCUT2D eigenvalue weighted by Gasteiger charge is 2.32. The van der Waals surface area contributed by atoms with Crippen LogP contribution in [-0.2, 0) is 14.8 Å². The number of rotatable bonds is 5. The van der Waals surface area contributed by atoms with Crippen LogP contribution in [-0.4, -0.2) is 38.4 Å². The summed E-state index contributed by atoms with van der Waals surface area (Å²) in [6.45, 7) is 4.99. The van der Waals surface area contributed by atoms with Gasteiger partial charge in [-0.05, 0) is 37.0 Å². The number of hydrogen-bond donors (Lipinski definition) is 1. The Kier molecular flexibility index (Phi) is 5.94. The molecule has 1 saturated heterocycles. The lowest BCUT2D eigenvalue weighted by Gasteiger charge is -2.26. The summed E-state index contributed by atoms with van der Waals surface area (Å²) < 4.78 is 27.6. The van der Waals surface area contributed by atoms with Crippen molar-refractivity contribution in [3.63, 3.8) is 0 Å². The maximum atomic E-state index is 12.6. The van der Waals surface area contributed by atoms with Crippen molar-refractivity contribution in [1.29, 1.82) is 0 Å². The van der Waals surface area contributed by atoms with Gasteiger partial charge in [-0.1, -0.05) is 37.0 Å². The number of nitrogens with zero attached hydrogens (tertiary/aromatic N) is 1. The predicted octanol–water partition coefficient (Wildman–Crippen LogP) is 2.92. The normalized spacial score (nSPS) is 16.8.